The molecule has 1 atom stereocenters. The fourth-order valence-corrected chi connectivity index (χ4v) is 4.55. The van der Waals surface area contributed by atoms with Gasteiger partial charge in [-0.05, 0) is 56.2 Å². The maximum atomic E-state index is 12.5. The second kappa shape index (κ2) is 9.23. The molecule has 0 aliphatic carbocycles. The highest BCUT2D eigenvalue weighted by molar-refractivity contribution is 7.89. The van der Waals surface area contributed by atoms with Crippen molar-refractivity contribution in [3.05, 3.63) is 64.2 Å². The number of benzene rings is 2. The minimum atomic E-state index is -3.55. The Morgan fingerprint density at radius 1 is 1.06 bits per heavy atom. The van der Waals surface area contributed by atoms with E-state index in [1.54, 1.807) is 0 Å². The summed E-state index contributed by atoms with van der Waals surface area (Å²) in [5.41, 5.74) is 0.253. The standard InChI is InChI=1S/C20H21N3O7S/c1-14(30-20(25)15-4-8-17(9-5-15)23(26)27)19(24)21-16-6-10-18(11-7-16)31(28,29)22-12-2-3-13-22/h4-11,14H,2-3,12-13H2,1H3,(H,21,24)/t14-/m1/s1. The monoisotopic (exact) mass is 447 g/mol. The zero-order valence-electron chi connectivity index (χ0n) is 16.7. The van der Waals surface area contributed by atoms with Gasteiger partial charge in [0.2, 0.25) is 10.0 Å². The minimum absolute atomic E-state index is 0.0710. The van der Waals surface area contributed by atoms with Crippen LogP contribution in [0.1, 0.15) is 30.1 Å². The van der Waals surface area contributed by atoms with Crippen LogP contribution in [0, 0.1) is 10.1 Å². The molecular weight excluding hydrogens is 426 g/mol. The Morgan fingerprint density at radius 2 is 1.65 bits per heavy atom. The topological polar surface area (TPSA) is 136 Å². The highest BCUT2D eigenvalue weighted by Gasteiger charge is 2.27. The van der Waals surface area contributed by atoms with Gasteiger partial charge in [0.1, 0.15) is 0 Å². The summed E-state index contributed by atoms with van der Waals surface area (Å²) in [6, 6.07) is 10.6. The molecule has 3 rings (SSSR count). The van der Waals surface area contributed by atoms with Gasteiger partial charge in [-0.3, -0.25) is 14.9 Å². The molecule has 31 heavy (non-hydrogen) atoms. The number of carbonyl (C=O) groups excluding carboxylic acids is 2. The van der Waals surface area contributed by atoms with Gasteiger partial charge in [0.25, 0.3) is 11.6 Å². The number of non-ortho nitro benzene ring substituents is 1. The number of nitro benzene ring substituents is 1. The zero-order valence-corrected chi connectivity index (χ0v) is 17.5. The highest BCUT2D eigenvalue weighted by atomic mass is 32.2. The number of nitrogens with one attached hydrogen (secondary N) is 1. The Balaban J connectivity index is 1.59. The van der Waals surface area contributed by atoms with Crippen molar-refractivity contribution >= 4 is 33.3 Å². The first kappa shape index (κ1) is 22.4. The van der Waals surface area contributed by atoms with Gasteiger partial charge in [-0.15, -0.1) is 0 Å². The molecule has 0 saturated carbocycles. The van der Waals surface area contributed by atoms with E-state index >= 15 is 0 Å². The molecule has 164 valence electrons. The molecule has 10 nitrogen and oxygen atoms in total. The van der Waals surface area contributed by atoms with Crippen LogP contribution in [0.2, 0.25) is 0 Å². The van der Waals surface area contributed by atoms with E-state index in [-0.39, 0.29) is 16.1 Å². The number of rotatable bonds is 7. The molecule has 1 aliphatic heterocycles. The number of hydrogen-bond donors (Lipinski definition) is 1. The molecule has 0 radical (unpaired) electrons. The fraction of sp³-hybridized carbons (Fsp3) is 0.300. The van der Waals surface area contributed by atoms with E-state index in [0.29, 0.717) is 18.8 Å². The van der Waals surface area contributed by atoms with Crippen LogP contribution in [0.15, 0.2) is 53.4 Å². The normalized spacial score (nSPS) is 15.3. The molecule has 1 fully saturated rings. The number of esters is 1. The SMILES string of the molecule is C[C@@H](OC(=O)c1ccc([N+](=O)[O-])cc1)C(=O)Nc1ccc(S(=O)(=O)N2CCCC2)cc1. The first-order valence-corrected chi connectivity index (χ1v) is 11.0. The van der Waals surface area contributed by atoms with Crippen molar-refractivity contribution in [1.82, 2.24) is 4.31 Å². The molecule has 1 aliphatic rings. The predicted molar refractivity (Wildman–Crippen MR) is 111 cm³/mol. The van der Waals surface area contributed by atoms with Crippen LogP contribution in [-0.4, -0.2) is 48.7 Å². The van der Waals surface area contributed by atoms with Gasteiger partial charge in [-0.25, -0.2) is 13.2 Å². The first-order chi connectivity index (χ1) is 14.7. The summed E-state index contributed by atoms with van der Waals surface area (Å²) < 4.78 is 31.6. The summed E-state index contributed by atoms with van der Waals surface area (Å²) >= 11 is 0. The predicted octanol–water partition coefficient (Wildman–Crippen LogP) is 2.56. The van der Waals surface area contributed by atoms with Crippen molar-refractivity contribution in [2.75, 3.05) is 18.4 Å². The van der Waals surface area contributed by atoms with Gasteiger partial charge in [-0.1, -0.05) is 0 Å². The summed E-state index contributed by atoms with van der Waals surface area (Å²) in [7, 11) is -3.55. The van der Waals surface area contributed by atoms with Gasteiger partial charge in [0.15, 0.2) is 6.10 Å². The van der Waals surface area contributed by atoms with Crippen LogP contribution in [0.3, 0.4) is 0 Å². The van der Waals surface area contributed by atoms with Crippen molar-refractivity contribution < 1.29 is 27.7 Å². The Kier molecular flexibility index (Phi) is 6.66. The number of nitro groups is 1. The van der Waals surface area contributed by atoms with Crippen LogP contribution in [0.4, 0.5) is 11.4 Å². The number of carbonyl (C=O) groups is 2. The molecule has 1 amide bonds. The molecule has 11 heteroatoms. The first-order valence-electron chi connectivity index (χ1n) is 9.55. The van der Waals surface area contributed by atoms with Crippen LogP contribution in [0.5, 0.6) is 0 Å². The van der Waals surface area contributed by atoms with Gasteiger partial charge >= 0.3 is 5.97 Å². The van der Waals surface area contributed by atoms with Crippen molar-refractivity contribution in [3.63, 3.8) is 0 Å². The Bertz CT molecular complexity index is 1080. The van der Waals surface area contributed by atoms with Crippen LogP contribution in [0.25, 0.3) is 0 Å². The number of sulfonamides is 1. The second-order valence-corrected chi connectivity index (χ2v) is 8.91. The molecule has 2 aromatic carbocycles. The van der Waals surface area contributed by atoms with E-state index in [0.717, 1.165) is 12.8 Å². The van der Waals surface area contributed by atoms with E-state index in [2.05, 4.69) is 5.32 Å². The van der Waals surface area contributed by atoms with E-state index < -0.39 is 32.9 Å². The Labute approximate surface area is 179 Å². The summed E-state index contributed by atoms with van der Waals surface area (Å²) in [5.74, 6) is -1.41. The van der Waals surface area contributed by atoms with Crippen LogP contribution in [-0.2, 0) is 19.6 Å². The molecule has 1 saturated heterocycles. The third-order valence-corrected chi connectivity index (χ3v) is 6.70. The molecule has 0 spiro atoms. The number of anilines is 1. The quantitative estimate of drug-likeness (QED) is 0.391. The molecule has 0 bridgehead atoms. The summed E-state index contributed by atoms with van der Waals surface area (Å²) in [6.07, 6.45) is 0.531. The van der Waals surface area contributed by atoms with E-state index in [9.17, 15) is 28.1 Å². The maximum absolute atomic E-state index is 12.5. The Morgan fingerprint density at radius 3 is 2.19 bits per heavy atom. The van der Waals surface area contributed by atoms with Crippen molar-refractivity contribution in [2.24, 2.45) is 0 Å². The minimum Gasteiger partial charge on any atom is -0.449 e. The lowest BCUT2D eigenvalue weighted by Gasteiger charge is -2.16. The largest absolute Gasteiger partial charge is 0.449 e. The molecule has 1 N–H and O–H groups in total. The third kappa shape index (κ3) is 5.25. The van der Waals surface area contributed by atoms with E-state index in [1.807, 2.05) is 0 Å². The van der Waals surface area contributed by atoms with Gasteiger partial charge in [-0.2, -0.15) is 4.31 Å². The Hall–Kier alpha value is -3.31. The van der Waals surface area contributed by atoms with Crippen LogP contribution < -0.4 is 5.32 Å². The lowest BCUT2D eigenvalue weighted by atomic mass is 10.2. The smallest absolute Gasteiger partial charge is 0.338 e. The summed E-state index contributed by atoms with van der Waals surface area (Å²) in [5, 5.41) is 13.2. The molecule has 1 heterocycles. The zero-order chi connectivity index (χ0) is 22.6. The van der Waals surface area contributed by atoms with Gasteiger partial charge in [0.05, 0.1) is 15.4 Å². The van der Waals surface area contributed by atoms with Crippen molar-refractivity contribution in [3.8, 4) is 0 Å². The highest BCUT2D eigenvalue weighted by Crippen LogP contribution is 2.22. The number of hydrogen-bond acceptors (Lipinski definition) is 7. The van der Waals surface area contributed by atoms with Gasteiger partial charge < -0.3 is 10.1 Å². The maximum Gasteiger partial charge on any atom is 0.338 e. The average Bonchev–Trinajstić information content (AvgIpc) is 3.30. The molecule has 0 unspecified atom stereocenters. The average molecular weight is 447 g/mol. The van der Waals surface area contributed by atoms with Crippen LogP contribution >= 0.6 is 0 Å². The molecule has 2 aromatic rings. The van der Waals surface area contributed by atoms with E-state index in [1.165, 1.54) is 59.8 Å². The molecular formula is C20H21N3O7S. The fourth-order valence-electron chi connectivity index (χ4n) is 3.03. The lowest BCUT2D eigenvalue weighted by molar-refractivity contribution is -0.384. The van der Waals surface area contributed by atoms with Gasteiger partial charge in [0, 0.05) is 30.9 Å². The summed E-state index contributed by atoms with van der Waals surface area (Å²) in [4.78, 5) is 34.7. The lowest BCUT2D eigenvalue weighted by Crippen LogP contribution is -2.30. The number of nitrogens with zero attached hydrogens (tertiary/aromatic N) is 2. The molecule has 0 aromatic heterocycles. The van der Waals surface area contributed by atoms with Crippen molar-refractivity contribution in [2.45, 2.75) is 30.8 Å². The second-order valence-electron chi connectivity index (χ2n) is 6.98. The van der Waals surface area contributed by atoms with Crippen molar-refractivity contribution in [1.29, 1.82) is 0 Å². The summed E-state index contributed by atoms with van der Waals surface area (Å²) in [6.45, 7) is 2.38. The van der Waals surface area contributed by atoms with E-state index in [4.69, 9.17) is 4.74 Å². The number of ether oxygens (including phenoxy) is 1. The third-order valence-electron chi connectivity index (χ3n) is 4.79. The number of amides is 1.